The van der Waals surface area contributed by atoms with Crippen LogP contribution in [-0.4, -0.2) is 11.7 Å². The predicted molar refractivity (Wildman–Crippen MR) is 79.1 cm³/mol. The molecule has 0 bridgehead atoms. The third-order valence-corrected chi connectivity index (χ3v) is 3.26. The van der Waals surface area contributed by atoms with Gasteiger partial charge in [-0.1, -0.05) is 54.6 Å². The van der Waals surface area contributed by atoms with Crippen molar-refractivity contribution in [1.29, 1.82) is 0 Å². The first-order valence-corrected chi connectivity index (χ1v) is 6.52. The van der Waals surface area contributed by atoms with Crippen molar-refractivity contribution < 1.29 is 9.59 Å². The van der Waals surface area contributed by atoms with Gasteiger partial charge in [-0.2, -0.15) is 0 Å². The first kappa shape index (κ1) is 14.0. The molecule has 0 fully saturated rings. The number of ketones is 1. The Balaban J connectivity index is 2.27. The van der Waals surface area contributed by atoms with Gasteiger partial charge in [0.25, 0.3) is 0 Å². The summed E-state index contributed by atoms with van der Waals surface area (Å²) in [6, 6.07) is 17.6. The fraction of sp³-hybridized carbons (Fsp3) is 0.176. The highest BCUT2D eigenvalue weighted by molar-refractivity contribution is 5.88. The second-order valence-corrected chi connectivity index (χ2v) is 4.85. The molecule has 20 heavy (non-hydrogen) atoms. The number of nitrogens with two attached hydrogens (primary N) is 1. The lowest BCUT2D eigenvalue weighted by atomic mass is 9.92. The van der Waals surface area contributed by atoms with E-state index < -0.39 is 11.8 Å². The largest absolute Gasteiger partial charge is 0.369 e. The van der Waals surface area contributed by atoms with Crippen LogP contribution in [0.1, 0.15) is 24.8 Å². The summed E-state index contributed by atoms with van der Waals surface area (Å²) in [7, 11) is 0. The first-order chi connectivity index (χ1) is 9.58. The van der Waals surface area contributed by atoms with Gasteiger partial charge in [0.1, 0.15) is 5.78 Å². The lowest BCUT2D eigenvalue weighted by Crippen LogP contribution is -2.23. The fourth-order valence-corrected chi connectivity index (χ4v) is 2.21. The Morgan fingerprint density at radius 1 is 0.950 bits per heavy atom. The van der Waals surface area contributed by atoms with Crippen LogP contribution in [0.4, 0.5) is 0 Å². The van der Waals surface area contributed by atoms with E-state index >= 15 is 0 Å². The van der Waals surface area contributed by atoms with Crippen molar-refractivity contribution in [2.24, 2.45) is 5.73 Å². The van der Waals surface area contributed by atoms with Crippen molar-refractivity contribution in [1.82, 2.24) is 0 Å². The number of hydrogen-bond acceptors (Lipinski definition) is 2. The molecule has 0 aliphatic carbocycles. The summed E-state index contributed by atoms with van der Waals surface area (Å²) < 4.78 is 0. The van der Waals surface area contributed by atoms with Crippen molar-refractivity contribution in [3.8, 4) is 11.1 Å². The van der Waals surface area contributed by atoms with Crippen molar-refractivity contribution in [3.05, 3.63) is 60.2 Å². The van der Waals surface area contributed by atoms with Crippen LogP contribution < -0.4 is 5.73 Å². The van der Waals surface area contributed by atoms with Gasteiger partial charge in [0.05, 0.1) is 5.92 Å². The van der Waals surface area contributed by atoms with Crippen molar-refractivity contribution in [3.63, 3.8) is 0 Å². The highest BCUT2D eigenvalue weighted by Gasteiger charge is 2.19. The van der Waals surface area contributed by atoms with Gasteiger partial charge in [-0.25, -0.2) is 0 Å². The topological polar surface area (TPSA) is 60.2 Å². The lowest BCUT2D eigenvalue weighted by Gasteiger charge is -2.12. The number of rotatable bonds is 5. The molecule has 2 rings (SSSR count). The molecule has 0 spiro atoms. The van der Waals surface area contributed by atoms with Crippen LogP contribution >= 0.6 is 0 Å². The van der Waals surface area contributed by atoms with Crippen LogP contribution in [0.5, 0.6) is 0 Å². The Hall–Kier alpha value is -2.42. The maximum Gasteiger partial charge on any atom is 0.225 e. The minimum atomic E-state index is -0.544. The number of benzene rings is 2. The Morgan fingerprint density at radius 2 is 1.50 bits per heavy atom. The minimum absolute atomic E-state index is 0.0408. The summed E-state index contributed by atoms with van der Waals surface area (Å²) in [6.45, 7) is 1.47. The summed E-state index contributed by atoms with van der Waals surface area (Å²) in [4.78, 5) is 22.7. The van der Waals surface area contributed by atoms with Crippen LogP contribution in [0.25, 0.3) is 11.1 Å². The van der Waals surface area contributed by atoms with Gasteiger partial charge >= 0.3 is 0 Å². The molecule has 0 saturated carbocycles. The normalized spacial score (nSPS) is 11.8. The van der Waals surface area contributed by atoms with E-state index in [4.69, 9.17) is 5.73 Å². The molecule has 0 radical (unpaired) electrons. The highest BCUT2D eigenvalue weighted by atomic mass is 16.1. The van der Waals surface area contributed by atoms with Crippen LogP contribution in [0, 0.1) is 0 Å². The van der Waals surface area contributed by atoms with Crippen molar-refractivity contribution in [2.45, 2.75) is 19.3 Å². The van der Waals surface area contributed by atoms with E-state index in [-0.39, 0.29) is 12.2 Å². The van der Waals surface area contributed by atoms with Gasteiger partial charge in [-0.05, 0) is 23.6 Å². The summed E-state index contributed by atoms with van der Waals surface area (Å²) >= 11 is 0. The minimum Gasteiger partial charge on any atom is -0.369 e. The molecule has 1 unspecified atom stereocenters. The van der Waals surface area contributed by atoms with E-state index in [0.29, 0.717) is 0 Å². The van der Waals surface area contributed by atoms with Crippen molar-refractivity contribution >= 4 is 11.7 Å². The monoisotopic (exact) mass is 267 g/mol. The van der Waals surface area contributed by atoms with Crippen LogP contribution in [0.3, 0.4) is 0 Å². The SMILES string of the molecule is CC(=O)CC(C(N)=O)c1ccc(-c2ccccc2)cc1. The van der Waals surface area contributed by atoms with E-state index in [1.165, 1.54) is 6.92 Å². The van der Waals surface area contributed by atoms with Gasteiger partial charge in [0, 0.05) is 6.42 Å². The smallest absolute Gasteiger partial charge is 0.225 e. The molecule has 2 N–H and O–H groups in total. The maximum absolute atomic E-state index is 11.5. The Morgan fingerprint density at radius 3 is 2.00 bits per heavy atom. The van der Waals surface area contributed by atoms with Crippen molar-refractivity contribution in [2.75, 3.05) is 0 Å². The van der Waals surface area contributed by atoms with E-state index in [1.54, 1.807) is 0 Å². The highest BCUT2D eigenvalue weighted by Crippen LogP contribution is 2.24. The molecule has 0 saturated heterocycles. The number of Topliss-reactive ketones (excluding diaryl/α,β-unsaturated/α-hetero) is 1. The molecule has 1 amide bonds. The molecule has 0 aromatic heterocycles. The lowest BCUT2D eigenvalue weighted by molar-refractivity contribution is -0.124. The summed E-state index contributed by atoms with van der Waals surface area (Å²) in [5.74, 6) is -1.05. The summed E-state index contributed by atoms with van der Waals surface area (Å²) in [6.07, 6.45) is 0.153. The third-order valence-electron chi connectivity index (χ3n) is 3.26. The van der Waals surface area contributed by atoms with Gasteiger partial charge in [-0.3, -0.25) is 9.59 Å². The molecular weight excluding hydrogens is 250 g/mol. The summed E-state index contributed by atoms with van der Waals surface area (Å²) in [5.41, 5.74) is 8.34. The number of primary amides is 1. The number of hydrogen-bond donors (Lipinski definition) is 1. The molecule has 2 aromatic rings. The van der Waals surface area contributed by atoms with E-state index in [1.807, 2.05) is 54.6 Å². The molecular formula is C17H17NO2. The zero-order valence-corrected chi connectivity index (χ0v) is 11.4. The molecule has 3 heteroatoms. The maximum atomic E-state index is 11.5. The number of carbonyl (C=O) groups excluding carboxylic acids is 2. The van der Waals surface area contributed by atoms with E-state index in [0.717, 1.165) is 16.7 Å². The standard InChI is InChI=1S/C17H17NO2/c1-12(19)11-16(17(18)20)15-9-7-14(8-10-15)13-5-3-2-4-6-13/h2-10,16H,11H2,1H3,(H2,18,20). The van der Waals surface area contributed by atoms with Gasteiger partial charge in [0.15, 0.2) is 0 Å². The fourth-order valence-electron chi connectivity index (χ4n) is 2.21. The quantitative estimate of drug-likeness (QED) is 0.905. The van der Waals surface area contributed by atoms with E-state index in [9.17, 15) is 9.59 Å². The Labute approximate surface area is 118 Å². The predicted octanol–water partition coefficient (Wildman–Crippen LogP) is 2.90. The molecule has 0 heterocycles. The second-order valence-electron chi connectivity index (χ2n) is 4.85. The van der Waals surface area contributed by atoms with Crippen LogP contribution in [0.15, 0.2) is 54.6 Å². The Bertz CT molecular complexity index is 603. The summed E-state index contributed by atoms with van der Waals surface area (Å²) in [5, 5.41) is 0. The number of amides is 1. The molecule has 2 aromatic carbocycles. The zero-order chi connectivity index (χ0) is 14.5. The molecule has 0 aliphatic rings. The average Bonchev–Trinajstić information content (AvgIpc) is 2.45. The number of carbonyl (C=O) groups is 2. The Kier molecular flexibility index (Phi) is 4.31. The van der Waals surface area contributed by atoms with Gasteiger partial charge < -0.3 is 5.73 Å². The van der Waals surface area contributed by atoms with Gasteiger partial charge in [0.2, 0.25) is 5.91 Å². The first-order valence-electron chi connectivity index (χ1n) is 6.52. The second kappa shape index (κ2) is 6.15. The average molecular weight is 267 g/mol. The molecule has 3 nitrogen and oxygen atoms in total. The molecule has 1 atom stereocenters. The molecule has 102 valence electrons. The third kappa shape index (κ3) is 3.32. The van der Waals surface area contributed by atoms with Crippen LogP contribution in [0.2, 0.25) is 0 Å². The van der Waals surface area contributed by atoms with Crippen LogP contribution in [-0.2, 0) is 9.59 Å². The molecule has 0 aliphatic heterocycles. The van der Waals surface area contributed by atoms with E-state index in [2.05, 4.69) is 0 Å². The van der Waals surface area contributed by atoms with Gasteiger partial charge in [-0.15, -0.1) is 0 Å². The zero-order valence-electron chi connectivity index (χ0n) is 11.4.